The van der Waals surface area contributed by atoms with Gasteiger partial charge in [-0.1, -0.05) is 30.3 Å². The van der Waals surface area contributed by atoms with Crippen molar-refractivity contribution in [1.29, 1.82) is 0 Å². The second-order valence-electron chi connectivity index (χ2n) is 6.10. The average Bonchev–Trinajstić information content (AvgIpc) is 2.70. The Bertz CT molecular complexity index is 1040. The molecule has 0 radical (unpaired) electrons. The Hall–Kier alpha value is -3.54. The van der Waals surface area contributed by atoms with Gasteiger partial charge >= 0.3 is 0 Å². The van der Waals surface area contributed by atoms with Crippen molar-refractivity contribution in [3.8, 4) is 0 Å². The van der Waals surface area contributed by atoms with Crippen LogP contribution in [0.25, 0.3) is 10.9 Å². The first-order valence-electron chi connectivity index (χ1n) is 8.69. The Labute approximate surface area is 156 Å². The molecule has 2 aromatic carbocycles. The van der Waals surface area contributed by atoms with Gasteiger partial charge in [0.05, 0.1) is 11.2 Å². The normalized spacial score (nSPS) is 10.7. The highest BCUT2D eigenvalue weighted by atomic mass is 19.1. The van der Waals surface area contributed by atoms with Crippen LogP contribution >= 0.6 is 0 Å². The number of nitrogens with one attached hydrogen (secondary N) is 2. The molecule has 0 aliphatic carbocycles. The van der Waals surface area contributed by atoms with Crippen molar-refractivity contribution in [2.24, 2.45) is 0 Å². The van der Waals surface area contributed by atoms with Crippen LogP contribution in [-0.4, -0.2) is 21.5 Å². The Balaban J connectivity index is 1.43. The van der Waals surface area contributed by atoms with E-state index in [-0.39, 0.29) is 5.82 Å². The van der Waals surface area contributed by atoms with Gasteiger partial charge in [-0.3, -0.25) is 4.98 Å². The Morgan fingerprint density at radius 2 is 1.67 bits per heavy atom. The Morgan fingerprint density at radius 3 is 2.56 bits per heavy atom. The molecule has 0 amide bonds. The number of nitrogens with zero attached hydrogens (tertiary/aromatic N) is 3. The van der Waals surface area contributed by atoms with Crippen molar-refractivity contribution in [1.82, 2.24) is 15.0 Å². The van der Waals surface area contributed by atoms with Gasteiger partial charge in [0.25, 0.3) is 0 Å². The maximum absolute atomic E-state index is 13.0. The molecular formula is C21H18FN5. The first kappa shape index (κ1) is 16.9. The van der Waals surface area contributed by atoms with E-state index in [1.54, 1.807) is 18.3 Å². The predicted molar refractivity (Wildman–Crippen MR) is 106 cm³/mol. The summed E-state index contributed by atoms with van der Waals surface area (Å²) in [6.07, 6.45) is 4.07. The van der Waals surface area contributed by atoms with Gasteiger partial charge in [0.15, 0.2) is 0 Å². The van der Waals surface area contributed by atoms with Crippen LogP contribution in [0.5, 0.6) is 0 Å². The van der Waals surface area contributed by atoms with Crippen LogP contribution in [0.1, 0.15) is 5.56 Å². The molecule has 4 aromatic rings. The molecule has 6 heteroatoms. The molecule has 2 N–H and O–H groups in total. The molecule has 0 atom stereocenters. The monoisotopic (exact) mass is 359 g/mol. The van der Waals surface area contributed by atoms with E-state index < -0.39 is 0 Å². The van der Waals surface area contributed by atoms with Gasteiger partial charge in [-0.2, -0.15) is 0 Å². The standard InChI is InChI=1S/C21H18FN5/c22-17-8-6-15(7-9-17)10-12-23-19-13-20(26-14-25-19)27-18-5-1-3-16-4-2-11-24-21(16)18/h1-9,11,13-14H,10,12H2,(H2,23,25,26,27). The number of aromatic nitrogens is 3. The summed E-state index contributed by atoms with van der Waals surface area (Å²) in [5.74, 6) is 1.19. The lowest BCUT2D eigenvalue weighted by atomic mass is 10.1. The molecule has 2 heterocycles. The third kappa shape index (κ3) is 4.17. The second-order valence-corrected chi connectivity index (χ2v) is 6.10. The lowest BCUT2D eigenvalue weighted by Gasteiger charge is -2.10. The summed E-state index contributed by atoms with van der Waals surface area (Å²) in [5, 5.41) is 7.64. The van der Waals surface area contributed by atoms with Gasteiger partial charge < -0.3 is 10.6 Å². The van der Waals surface area contributed by atoms with E-state index in [0.29, 0.717) is 12.4 Å². The summed E-state index contributed by atoms with van der Waals surface area (Å²) in [6.45, 7) is 0.692. The van der Waals surface area contributed by atoms with Crippen molar-refractivity contribution in [3.63, 3.8) is 0 Å². The molecule has 0 unspecified atom stereocenters. The molecule has 134 valence electrons. The van der Waals surface area contributed by atoms with E-state index in [2.05, 4.69) is 25.6 Å². The highest BCUT2D eigenvalue weighted by molar-refractivity contribution is 5.91. The molecule has 0 aliphatic heterocycles. The second kappa shape index (κ2) is 7.78. The van der Waals surface area contributed by atoms with Crippen LogP contribution in [0.2, 0.25) is 0 Å². The summed E-state index contributed by atoms with van der Waals surface area (Å²) < 4.78 is 13.0. The van der Waals surface area contributed by atoms with Crippen molar-refractivity contribution >= 4 is 28.2 Å². The summed E-state index contributed by atoms with van der Waals surface area (Å²) >= 11 is 0. The first-order chi connectivity index (χ1) is 13.3. The van der Waals surface area contributed by atoms with Crippen LogP contribution in [-0.2, 0) is 6.42 Å². The maximum Gasteiger partial charge on any atom is 0.135 e. The molecule has 0 aliphatic rings. The summed E-state index contributed by atoms with van der Waals surface area (Å²) in [6, 6.07) is 18.3. The lowest BCUT2D eigenvalue weighted by molar-refractivity contribution is 0.627. The smallest absolute Gasteiger partial charge is 0.135 e. The van der Waals surface area contributed by atoms with Crippen LogP contribution in [0.3, 0.4) is 0 Å². The zero-order valence-electron chi connectivity index (χ0n) is 14.6. The van der Waals surface area contributed by atoms with Crippen molar-refractivity contribution in [2.75, 3.05) is 17.2 Å². The van der Waals surface area contributed by atoms with Gasteiger partial charge in [0.2, 0.25) is 0 Å². The molecule has 2 aromatic heterocycles. The fourth-order valence-corrected chi connectivity index (χ4v) is 2.85. The van der Waals surface area contributed by atoms with Crippen LogP contribution in [0, 0.1) is 5.82 Å². The van der Waals surface area contributed by atoms with Crippen molar-refractivity contribution in [3.05, 3.63) is 84.6 Å². The number of hydrogen-bond acceptors (Lipinski definition) is 5. The van der Waals surface area contributed by atoms with Crippen LogP contribution in [0.15, 0.2) is 73.2 Å². The molecular weight excluding hydrogens is 341 g/mol. The summed E-state index contributed by atoms with van der Waals surface area (Å²) in [7, 11) is 0. The Morgan fingerprint density at radius 1 is 0.852 bits per heavy atom. The zero-order chi connectivity index (χ0) is 18.5. The molecule has 27 heavy (non-hydrogen) atoms. The Kier molecular flexibility index (Phi) is 4.87. The van der Waals surface area contributed by atoms with Crippen LogP contribution < -0.4 is 10.6 Å². The quantitative estimate of drug-likeness (QED) is 0.528. The van der Waals surface area contributed by atoms with E-state index >= 15 is 0 Å². The average molecular weight is 359 g/mol. The van der Waals surface area contributed by atoms with Gasteiger partial charge in [-0.25, -0.2) is 14.4 Å². The molecule has 0 spiro atoms. The van der Waals surface area contributed by atoms with Gasteiger partial charge in [0.1, 0.15) is 23.8 Å². The first-order valence-corrected chi connectivity index (χ1v) is 8.69. The van der Waals surface area contributed by atoms with E-state index in [1.165, 1.54) is 18.5 Å². The molecule has 0 fully saturated rings. The van der Waals surface area contributed by atoms with Gasteiger partial charge in [-0.15, -0.1) is 0 Å². The fraction of sp³-hybridized carbons (Fsp3) is 0.0952. The number of hydrogen-bond donors (Lipinski definition) is 2. The zero-order valence-corrected chi connectivity index (χ0v) is 14.6. The number of para-hydroxylation sites is 1. The third-order valence-corrected chi connectivity index (χ3v) is 4.20. The third-order valence-electron chi connectivity index (χ3n) is 4.20. The fourth-order valence-electron chi connectivity index (χ4n) is 2.85. The number of halogens is 1. The van der Waals surface area contributed by atoms with Crippen LogP contribution in [0.4, 0.5) is 21.7 Å². The van der Waals surface area contributed by atoms with E-state index in [1.807, 2.05) is 36.4 Å². The number of rotatable bonds is 6. The molecule has 0 bridgehead atoms. The SMILES string of the molecule is Fc1ccc(CCNc2cc(Nc3cccc4cccnc34)ncn2)cc1. The highest BCUT2D eigenvalue weighted by Crippen LogP contribution is 2.24. The molecule has 4 rings (SSSR count). The van der Waals surface area contributed by atoms with E-state index in [0.717, 1.165) is 34.4 Å². The number of benzene rings is 2. The largest absolute Gasteiger partial charge is 0.370 e. The number of fused-ring (bicyclic) bond motifs is 1. The minimum absolute atomic E-state index is 0.221. The minimum atomic E-state index is -0.221. The highest BCUT2D eigenvalue weighted by Gasteiger charge is 2.04. The topological polar surface area (TPSA) is 62.7 Å². The molecule has 0 saturated carbocycles. The summed E-state index contributed by atoms with van der Waals surface area (Å²) in [5.41, 5.74) is 2.85. The maximum atomic E-state index is 13.0. The molecule has 5 nitrogen and oxygen atoms in total. The number of pyridine rings is 1. The van der Waals surface area contributed by atoms with E-state index in [4.69, 9.17) is 0 Å². The van der Waals surface area contributed by atoms with E-state index in [9.17, 15) is 4.39 Å². The van der Waals surface area contributed by atoms with Gasteiger partial charge in [0, 0.05) is 24.2 Å². The van der Waals surface area contributed by atoms with Crippen molar-refractivity contribution in [2.45, 2.75) is 6.42 Å². The van der Waals surface area contributed by atoms with Crippen molar-refractivity contribution < 1.29 is 4.39 Å². The predicted octanol–water partition coefficient (Wildman–Crippen LogP) is 4.56. The minimum Gasteiger partial charge on any atom is -0.370 e. The number of anilines is 3. The summed E-state index contributed by atoms with van der Waals surface area (Å²) in [4.78, 5) is 13.0. The molecule has 0 saturated heterocycles. The lowest BCUT2D eigenvalue weighted by Crippen LogP contribution is -2.07. The van der Waals surface area contributed by atoms with Gasteiger partial charge in [-0.05, 0) is 36.2 Å².